The first kappa shape index (κ1) is 25.1. The van der Waals surface area contributed by atoms with Crippen molar-refractivity contribution in [3.63, 3.8) is 0 Å². The molecule has 0 atom stereocenters. The third-order valence-corrected chi connectivity index (χ3v) is 12.1. The highest BCUT2D eigenvalue weighted by Crippen LogP contribution is 2.19. The third-order valence-electron chi connectivity index (χ3n) is 5.95. The van der Waals surface area contributed by atoms with Gasteiger partial charge in [0.15, 0.2) is 14.3 Å². The minimum absolute atomic E-state index is 0.715. The van der Waals surface area contributed by atoms with E-state index in [0.717, 1.165) is 5.19 Å². The monoisotopic (exact) mass is 536 g/mol. The molecule has 35 heavy (non-hydrogen) atoms. The predicted octanol–water partition coefficient (Wildman–Crippen LogP) is 5.08. The van der Waals surface area contributed by atoms with Gasteiger partial charge in [-0.05, 0) is 43.6 Å². The van der Waals surface area contributed by atoms with Crippen LogP contribution in [-0.2, 0) is 21.1 Å². The zero-order valence-electron chi connectivity index (χ0n) is 20.1. The van der Waals surface area contributed by atoms with Gasteiger partial charge in [0.2, 0.25) is 0 Å². The molecular weight excluding hydrogens is 509 g/mol. The minimum atomic E-state index is -3.00. The van der Waals surface area contributed by atoms with Gasteiger partial charge in [0, 0.05) is 63.5 Å². The van der Waals surface area contributed by atoms with E-state index in [1.165, 1.54) is 5.56 Å². The number of aryl methyl sites for hydroxylation is 4. The van der Waals surface area contributed by atoms with E-state index in [2.05, 4.69) is 43.9 Å². The molecule has 6 nitrogen and oxygen atoms in total. The van der Waals surface area contributed by atoms with Gasteiger partial charge in [0.25, 0.3) is 0 Å². The highest BCUT2D eigenvalue weighted by molar-refractivity contribution is 7.72. The Balaban J connectivity index is 0.000000356. The van der Waals surface area contributed by atoms with Crippen molar-refractivity contribution in [1.82, 2.24) is 26.4 Å². The molecule has 3 heterocycles. The molecule has 5 aromatic rings. The van der Waals surface area contributed by atoms with Crippen LogP contribution in [0.15, 0.2) is 97.8 Å². The van der Waals surface area contributed by atoms with Gasteiger partial charge in [-0.1, -0.05) is 66.2 Å². The molecule has 0 saturated carbocycles. The van der Waals surface area contributed by atoms with Gasteiger partial charge in [0.1, 0.15) is 0 Å². The molecule has 180 valence electrons. The average Bonchev–Trinajstić information content (AvgIpc) is 3.50. The summed E-state index contributed by atoms with van der Waals surface area (Å²) in [5.41, 5.74) is 1.32. The first-order valence-electron chi connectivity index (χ1n) is 11.1. The van der Waals surface area contributed by atoms with Gasteiger partial charge >= 0.3 is 8.56 Å². The molecule has 2 aromatic carbocycles. The van der Waals surface area contributed by atoms with E-state index < -0.39 is 8.56 Å². The molecule has 0 bridgehead atoms. The van der Waals surface area contributed by atoms with Gasteiger partial charge in [-0.25, -0.2) is 0 Å². The third kappa shape index (κ3) is 4.50. The molecule has 0 saturated heterocycles. The Hall–Kier alpha value is -3.05. The van der Waals surface area contributed by atoms with Crippen LogP contribution >= 0.6 is 36.7 Å². The summed E-state index contributed by atoms with van der Waals surface area (Å²) in [6.45, 7) is 2.08. The van der Waals surface area contributed by atoms with E-state index in [-0.39, 0.29) is 0 Å². The van der Waals surface area contributed by atoms with E-state index in [9.17, 15) is 0 Å². The van der Waals surface area contributed by atoms with Crippen molar-refractivity contribution in [2.45, 2.75) is 6.92 Å². The van der Waals surface area contributed by atoms with E-state index in [1.807, 2.05) is 108 Å². The normalized spacial score (nSPS) is 11.2. The fraction of sp³-hybridized carbons (Fsp3) is 0.160. The molecule has 0 spiro atoms. The lowest BCUT2D eigenvalue weighted by Gasteiger charge is -2.34. The molecule has 0 fully saturated rings. The zero-order valence-corrected chi connectivity index (χ0v) is 23.6. The molecule has 3 aromatic heterocycles. The second-order valence-electron chi connectivity index (χ2n) is 8.34. The Morgan fingerprint density at radius 1 is 0.514 bits per heavy atom. The van der Waals surface area contributed by atoms with Gasteiger partial charge in [-0.2, -0.15) is 0 Å². The number of imidazole rings is 3. The van der Waals surface area contributed by atoms with Crippen LogP contribution in [0.1, 0.15) is 5.56 Å². The predicted molar refractivity (Wildman–Crippen MR) is 152 cm³/mol. The fourth-order valence-corrected chi connectivity index (χ4v) is 9.84. The number of rotatable bonds is 4. The van der Waals surface area contributed by atoms with Crippen molar-refractivity contribution < 1.29 is 0 Å². The number of hydrogen-bond acceptors (Lipinski definition) is 3. The maximum Gasteiger partial charge on any atom is 0.432 e. The molecule has 0 N–H and O–H groups in total. The number of nitrogens with zero attached hydrogens (tertiary/aromatic N) is 6. The maximum atomic E-state index is 5.83. The molecule has 10 heteroatoms. The first-order chi connectivity index (χ1) is 16.8. The van der Waals surface area contributed by atoms with Gasteiger partial charge in [-0.15, -0.1) is 0 Å². The van der Waals surface area contributed by atoms with Crippen LogP contribution < -0.4 is 5.19 Å². The second-order valence-corrected chi connectivity index (χ2v) is 12.7. The standard InChI is InChI=1S/C18H20N6S3Si.C7H8/c1-19-9-12-22(16(19)25)28(15-7-5-4-6-8-15,23-13-10-20(2)17(23)26)24-14-11-21(3)18(24)27;1-7-5-3-2-4-6-7/h4-14H,1-3H3;2-6H,1H3. The molecule has 0 unspecified atom stereocenters. The van der Waals surface area contributed by atoms with Gasteiger partial charge in [0.05, 0.1) is 0 Å². The van der Waals surface area contributed by atoms with Crippen LogP contribution in [0.4, 0.5) is 0 Å². The molecule has 5 rings (SSSR count). The van der Waals surface area contributed by atoms with Crippen molar-refractivity contribution in [2.24, 2.45) is 21.1 Å². The minimum Gasteiger partial charge on any atom is -0.327 e. The topological polar surface area (TPSA) is 29.6 Å². The molecule has 0 aliphatic rings. The summed E-state index contributed by atoms with van der Waals surface area (Å²) in [5.74, 6) is 0. The Morgan fingerprint density at radius 2 is 0.857 bits per heavy atom. The number of benzene rings is 2. The van der Waals surface area contributed by atoms with Crippen molar-refractivity contribution in [2.75, 3.05) is 0 Å². The van der Waals surface area contributed by atoms with Crippen LogP contribution in [0.2, 0.25) is 0 Å². The fourth-order valence-electron chi connectivity index (χ4n) is 4.07. The summed E-state index contributed by atoms with van der Waals surface area (Å²) < 4.78 is 14.5. The van der Waals surface area contributed by atoms with Crippen molar-refractivity contribution >= 4 is 50.4 Å². The molecule has 0 aliphatic carbocycles. The van der Waals surface area contributed by atoms with Crippen molar-refractivity contribution in [1.29, 1.82) is 0 Å². The van der Waals surface area contributed by atoms with Crippen LogP contribution in [0, 0.1) is 21.2 Å². The van der Waals surface area contributed by atoms with Crippen LogP contribution in [0.25, 0.3) is 0 Å². The first-order valence-corrected chi connectivity index (χ1v) is 14.2. The Morgan fingerprint density at radius 3 is 1.11 bits per heavy atom. The quantitative estimate of drug-likeness (QED) is 0.237. The molecule has 0 radical (unpaired) electrons. The van der Waals surface area contributed by atoms with E-state index >= 15 is 0 Å². The SMILES string of the molecule is Cc1ccccc1.Cn1ccn([Si](c2ccccc2)(n2ccn(C)c2=S)n2ccn(C)c2=S)c1=S. The van der Waals surface area contributed by atoms with Crippen LogP contribution in [-0.4, -0.2) is 35.0 Å². The molecule has 0 amide bonds. The van der Waals surface area contributed by atoms with Gasteiger partial charge in [-0.3, -0.25) is 0 Å². The summed E-state index contributed by atoms with van der Waals surface area (Å²) in [6, 6.07) is 20.6. The second kappa shape index (κ2) is 10.3. The lowest BCUT2D eigenvalue weighted by atomic mass is 10.2. The van der Waals surface area contributed by atoms with Crippen molar-refractivity contribution in [3.8, 4) is 0 Å². The number of aromatic nitrogens is 6. The Bertz CT molecular complexity index is 1470. The summed E-state index contributed by atoms with van der Waals surface area (Å²) in [7, 11) is 2.87. The summed E-state index contributed by atoms with van der Waals surface area (Å²) >= 11 is 17.5. The summed E-state index contributed by atoms with van der Waals surface area (Å²) in [5, 5.41) is 1.13. The van der Waals surface area contributed by atoms with E-state index in [1.54, 1.807) is 0 Å². The Kier molecular flexibility index (Phi) is 7.36. The summed E-state index contributed by atoms with van der Waals surface area (Å²) in [4.78, 5) is 0. The summed E-state index contributed by atoms with van der Waals surface area (Å²) in [6.07, 6.45) is 12.0. The lowest BCUT2D eigenvalue weighted by molar-refractivity contribution is 0.803. The lowest BCUT2D eigenvalue weighted by Crippen LogP contribution is -2.67. The zero-order chi connectivity index (χ0) is 25.2. The van der Waals surface area contributed by atoms with Crippen molar-refractivity contribution in [3.05, 3.63) is 118 Å². The smallest absolute Gasteiger partial charge is 0.327 e. The van der Waals surface area contributed by atoms with Crippen LogP contribution in [0.3, 0.4) is 0 Å². The maximum absolute atomic E-state index is 5.83. The van der Waals surface area contributed by atoms with Gasteiger partial charge < -0.3 is 26.4 Å². The molecular formula is C25H28N6S3Si. The average molecular weight is 537 g/mol. The largest absolute Gasteiger partial charge is 0.432 e. The highest BCUT2D eigenvalue weighted by atomic mass is 32.1. The van der Waals surface area contributed by atoms with E-state index in [0.29, 0.717) is 14.3 Å². The molecule has 0 aliphatic heterocycles. The Labute approximate surface area is 221 Å². The number of hydrogen-bond donors (Lipinski definition) is 0. The van der Waals surface area contributed by atoms with E-state index in [4.69, 9.17) is 36.7 Å². The highest BCUT2D eigenvalue weighted by Gasteiger charge is 2.46. The van der Waals surface area contributed by atoms with Crippen LogP contribution in [0.5, 0.6) is 0 Å².